The molecule has 2 heterocycles. The summed E-state index contributed by atoms with van der Waals surface area (Å²) in [6.45, 7) is 5.03. The minimum absolute atomic E-state index is 0.0181. The van der Waals surface area contributed by atoms with E-state index in [9.17, 15) is 9.59 Å². The van der Waals surface area contributed by atoms with Gasteiger partial charge in [-0.05, 0) is 67.6 Å². The summed E-state index contributed by atoms with van der Waals surface area (Å²) in [5.74, 6) is 1.19. The van der Waals surface area contributed by atoms with Crippen LogP contribution in [0.15, 0.2) is 79.4 Å². The van der Waals surface area contributed by atoms with Crippen LogP contribution in [-0.4, -0.2) is 35.9 Å². The molecule has 4 rings (SSSR count). The van der Waals surface area contributed by atoms with E-state index >= 15 is 0 Å². The Hall–Kier alpha value is -4.17. The molecule has 0 aliphatic carbocycles. The highest BCUT2D eigenvalue weighted by atomic mass is 16.5. The second kappa shape index (κ2) is 9.97. The number of carbonyl (C=O) groups is 2. The Morgan fingerprint density at radius 3 is 2.27 bits per heavy atom. The van der Waals surface area contributed by atoms with Crippen molar-refractivity contribution in [2.24, 2.45) is 5.73 Å². The van der Waals surface area contributed by atoms with Crippen LogP contribution in [0.3, 0.4) is 0 Å². The number of nitrogens with zero attached hydrogens (tertiary/aromatic N) is 2. The summed E-state index contributed by atoms with van der Waals surface area (Å²) in [4.78, 5) is 30.6. The average molecular weight is 444 g/mol. The molecule has 0 unspecified atom stereocenters. The van der Waals surface area contributed by atoms with Crippen LogP contribution in [0, 0.1) is 0 Å². The lowest BCUT2D eigenvalue weighted by Gasteiger charge is -2.27. The molecular weight excluding hydrogens is 420 g/mol. The van der Waals surface area contributed by atoms with Crippen molar-refractivity contribution in [1.29, 1.82) is 0 Å². The average Bonchev–Trinajstić information content (AvgIpc) is 3.35. The van der Waals surface area contributed by atoms with Crippen LogP contribution in [0.5, 0.6) is 23.1 Å². The van der Waals surface area contributed by atoms with Crippen molar-refractivity contribution in [2.45, 2.75) is 12.5 Å². The molecule has 3 aromatic rings. The normalized spacial score (nSPS) is 15.0. The van der Waals surface area contributed by atoms with Crippen LogP contribution in [0.25, 0.3) is 0 Å². The van der Waals surface area contributed by atoms with Gasteiger partial charge in [-0.25, -0.2) is 0 Å². The van der Waals surface area contributed by atoms with Crippen molar-refractivity contribution in [2.75, 3.05) is 18.0 Å². The molecule has 3 N–H and O–H groups in total. The van der Waals surface area contributed by atoms with E-state index in [0.29, 0.717) is 29.6 Å². The van der Waals surface area contributed by atoms with Gasteiger partial charge in [0.2, 0.25) is 5.88 Å². The molecule has 0 saturated carbocycles. The van der Waals surface area contributed by atoms with Crippen molar-refractivity contribution in [3.05, 3.63) is 84.9 Å². The van der Waals surface area contributed by atoms with Gasteiger partial charge in [-0.3, -0.25) is 14.5 Å². The van der Waals surface area contributed by atoms with Gasteiger partial charge >= 0.3 is 0 Å². The van der Waals surface area contributed by atoms with Crippen molar-refractivity contribution in [3.8, 4) is 23.1 Å². The molecule has 8 heteroatoms. The van der Waals surface area contributed by atoms with Crippen molar-refractivity contribution >= 4 is 17.6 Å². The van der Waals surface area contributed by atoms with Gasteiger partial charge in [0.05, 0.1) is 6.04 Å². The molecular formula is C25H24N4O4. The minimum atomic E-state index is -0.683. The van der Waals surface area contributed by atoms with Gasteiger partial charge in [0, 0.05) is 6.54 Å². The largest absolute Gasteiger partial charge is 0.457 e. The Bertz CT molecular complexity index is 1140. The zero-order valence-corrected chi connectivity index (χ0v) is 17.9. The Morgan fingerprint density at radius 1 is 1.00 bits per heavy atom. The van der Waals surface area contributed by atoms with Gasteiger partial charge in [0.15, 0.2) is 0 Å². The Kier molecular flexibility index (Phi) is 6.66. The highest BCUT2D eigenvalue weighted by molar-refractivity contribution is 6.01. The van der Waals surface area contributed by atoms with E-state index in [1.807, 2.05) is 30.3 Å². The number of para-hydroxylation sites is 1. The van der Waals surface area contributed by atoms with Crippen LogP contribution in [0.1, 0.15) is 16.8 Å². The van der Waals surface area contributed by atoms with Gasteiger partial charge < -0.3 is 20.5 Å². The molecule has 33 heavy (non-hydrogen) atoms. The number of hydrogen-bond acceptors (Lipinski definition) is 6. The Balaban J connectivity index is 1.60. The standard InChI is InChI=1S/C25H24N4O4/c1-2-23(30)29(17-14-15-27-16-17)22-13-12-21(24(26)31)25(28-22)33-20-10-8-19(9-11-20)32-18-6-4-3-5-7-18/h2-13,17,27H,1,14-16H2,(H2,26,31)/t17-/m0/s1. The molecule has 168 valence electrons. The van der Waals surface area contributed by atoms with Gasteiger partial charge in [0.25, 0.3) is 11.8 Å². The van der Waals surface area contributed by atoms with E-state index in [0.717, 1.165) is 13.0 Å². The molecule has 1 saturated heterocycles. The fraction of sp³-hybridized carbons (Fsp3) is 0.160. The van der Waals surface area contributed by atoms with Gasteiger partial charge in [-0.15, -0.1) is 0 Å². The summed E-state index contributed by atoms with van der Waals surface area (Å²) in [6, 6.07) is 19.3. The van der Waals surface area contributed by atoms with Gasteiger partial charge in [0.1, 0.15) is 28.6 Å². The first kappa shape index (κ1) is 22.0. The second-order valence-corrected chi connectivity index (χ2v) is 7.43. The Morgan fingerprint density at radius 2 is 1.67 bits per heavy atom. The summed E-state index contributed by atoms with van der Waals surface area (Å²) in [6.07, 6.45) is 2.02. The lowest BCUT2D eigenvalue weighted by atomic mass is 10.2. The predicted octanol–water partition coefficient (Wildman–Crippen LogP) is 3.65. The SMILES string of the molecule is C=CC(=O)N(c1ccc(C(N)=O)c(Oc2ccc(Oc3ccccc3)cc2)n1)[C@H]1CCNC1. The molecule has 8 nitrogen and oxygen atoms in total. The number of rotatable bonds is 8. The number of primary amides is 1. The fourth-order valence-electron chi connectivity index (χ4n) is 3.58. The van der Waals surface area contributed by atoms with Crippen molar-refractivity contribution < 1.29 is 19.1 Å². The third-order valence-electron chi connectivity index (χ3n) is 5.19. The van der Waals surface area contributed by atoms with Crippen molar-refractivity contribution in [3.63, 3.8) is 0 Å². The maximum Gasteiger partial charge on any atom is 0.254 e. The molecule has 1 fully saturated rings. The van der Waals surface area contributed by atoms with Crippen LogP contribution in [0.2, 0.25) is 0 Å². The van der Waals surface area contributed by atoms with Crippen LogP contribution < -0.4 is 25.4 Å². The summed E-state index contributed by atoms with van der Waals surface area (Å²) in [5.41, 5.74) is 5.64. The Labute approximate surface area is 191 Å². The molecule has 1 atom stereocenters. The molecule has 0 spiro atoms. The molecule has 1 aromatic heterocycles. The van der Waals surface area contributed by atoms with Crippen LogP contribution in [0.4, 0.5) is 5.82 Å². The number of hydrogen-bond donors (Lipinski definition) is 2. The van der Waals surface area contributed by atoms with E-state index in [1.54, 1.807) is 35.2 Å². The predicted molar refractivity (Wildman–Crippen MR) is 125 cm³/mol. The van der Waals surface area contributed by atoms with E-state index in [4.69, 9.17) is 15.2 Å². The number of benzene rings is 2. The number of carbonyl (C=O) groups excluding carboxylic acids is 2. The summed E-state index contributed by atoms with van der Waals surface area (Å²) >= 11 is 0. The summed E-state index contributed by atoms with van der Waals surface area (Å²) in [5, 5.41) is 3.23. The number of nitrogens with two attached hydrogens (primary N) is 1. The highest BCUT2D eigenvalue weighted by Crippen LogP contribution is 2.30. The monoisotopic (exact) mass is 444 g/mol. The zero-order chi connectivity index (χ0) is 23.2. The topological polar surface area (TPSA) is 107 Å². The maximum absolute atomic E-state index is 12.6. The lowest BCUT2D eigenvalue weighted by Crippen LogP contribution is -2.41. The summed E-state index contributed by atoms with van der Waals surface area (Å²) < 4.78 is 11.7. The lowest BCUT2D eigenvalue weighted by molar-refractivity contribution is -0.114. The van der Waals surface area contributed by atoms with Crippen LogP contribution >= 0.6 is 0 Å². The van der Waals surface area contributed by atoms with E-state index in [1.165, 1.54) is 12.1 Å². The smallest absolute Gasteiger partial charge is 0.254 e. The first-order chi connectivity index (χ1) is 16.0. The summed E-state index contributed by atoms with van der Waals surface area (Å²) in [7, 11) is 0. The second-order valence-electron chi connectivity index (χ2n) is 7.43. The van der Waals surface area contributed by atoms with Crippen molar-refractivity contribution in [1.82, 2.24) is 10.3 Å². The third-order valence-corrected chi connectivity index (χ3v) is 5.19. The molecule has 0 radical (unpaired) electrons. The van der Waals surface area contributed by atoms with Gasteiger partial charge in [-0.2, -0.15) is 4.98 Å². The molecule has 1 aliphatic rings. The quantitative estimate of drug-likeness (QED) is 0.514. The first-order valence-electron chi connectivity index (χ1n) is 10.5. The van der Waals surface area contributed by atoms with Gasteiger partial charge in [-0.1, -0.05) is 24.8 Å². The number of amides is 2. The number of anilines is 1. The number of nitrogens with one attached hydrogen (secondary N) is 1. The first-order valence-corrected chi connectivity index (χ1v) is 10.5. The molecule has 2 amide bonds. The van der Waals surface area contributed by atoms with E-state index < -0.39 is 5.91 Å². The number of aromatic nitrogens is 1. The van der Waals surface area contributed by atoms with E-state index in [-0.39, 0.29) is 23.4 Å². The molecule has 2 aromatic carbocycles. The molecule has 1 aliphatic heterocycles. The molecule has 0 bridgehead atoms. The van der Waals surface area contributed by atoms with Crippen LogP contribution in [-0.2, 0) is 4.79 Å². The fourth-order valence-corrected chi connectivity index (χ4v) is 3.58. The number of ether oxygens (including phenoxy) is 2. The zero-order valence-electron chi connectivity index (χ0n) is 17.9. The number of pyridine rings is 1. The highest BCUT2D eigenvalue weighted by Gasteiger charge is 2.28. The minimum Gasteiger partial charge on any atom is -0.457 e. The third kappa shape index (κ3) is 5.19. The van der Waals surface area contributed by atoms with E-state index in [2.05, 4.69) is 16.9 Å². The maximum atomic E-state index is 12.6.